The van der Waals surface area contributed by atoms with Crippen LogP contribution in [0.5, 0.6) is 0 Å². The summed E-state index contributed by atoms with van der Waals surface area (Å²) in [7, 11) is 0. The van der Waals surface area contributed by atoms with E-state index in [-0.39, 0.29) is 5.91 Å². The molecule has 2 heterocycles. The first-order valence-corrected chi connectivity index (χ1v) is 10.3. The van der Waals surface area contributed by atoms with Gasteiger partial charge >= 0.3 is 0 Å². The van der Waals surface area contributed by atoms with E-state index in [9.17, 15) is 9.90 Å². The summed E-state index contributed by atoms with van der Waals surface area (Å²) in [6, 6.07) is 11.6. The van der Waals surface area contributed by atoms with Crippen LogP contribution in [0.4, 0.5) is 0 Å². The van der Waals surface area contributed by atoms with E-state index >= 15 is 0 Å². The molecule has 1 atom stereocenters. The standard InChI is InChI=1S/C22H29N3O2/c26-21(12-11-17-7-4-5-8-17)24-13-6-14-25-19(16-24)15-20(23-25)22(27)18-9-2-1-3-10-18/h1-3,9-10,15,17,22,27H,4-8,11-14,16H2/t22-/m0/s1. The molecule has 0 spiro atoms. The molecular formula is C22H29N3O2. The summed E-state index contributed by atoms with van der Waals surface area (Å²) in [4.78, 5) is 14.7. The van der Waals surface area contributed by atoms with Crippen LogP contribution in [0.15, 0.2) is 36.4 Å². The summed E-state index contributed by atoms with van der Waals surface area (Å²) in [5.41, 5.74) is 2.53. The predicted octanol–water partition coefficient (Wildman–Crippen LogP) is 3.67. The van der Waals surface area contributed by atoms with E-state index in [0.29, 0.717) is 18.7 Å². The maximum atomic E-state index is 12.7. The lowest BCUT2D eigenvalue weighted by Crippen LogP contribution is -2.30. The number of aliphatic hydroxyl groups is 1. The van der Waals surface area contributed by atoms with Crippen LogP contribution in [0.3, 0.4) is 0 Å². The topological polar surface area (TPSA) is 58.4 Å². The quantitative estimate of drug-likeness (QED) is 0.877. The fraction of sp³-hybridized carbons (Fsp3) is 0.545. The number of hydrogen-bond acceptors (Lipinski definition) is 3. The lowest BCUT2D eigenvalue weighted by atomic mass is 10.0. The van der Waals surface area contributed by atoms with E-state index < -0.39 is 6.10 Å². The molecular weight excluding hydrogens is 338 g/mol. The average Bonchev–Trinajstić information content (AvgIpc) is 3.32. The van der Waals surface area contributed by atoms with Crippen molar-refractivity contribution < 1.29 is 9.90 Å². The Labute approximate surface area is 161 Å². The van der Waals surface area contributed by atoms with Gasteiger partial charge in [0.1, 0.15) is 6.10 Å². The monoisotopic (exact) mass is 367 g/mol. The summed E-state index contributed by atoms with van der Waals surface area (Å²) < 4.78 is 1.96. The molecule has 0 unspecified atom stereocenters. The highest BCUT2D eigenvalue weighted by molar-refractivity contribution is 5.76. The summed E-state index contributed by atoms with van der Waals surface area (Å²) in [5.74, 6) is 1.01. The van der Waals surface area contributed by atoms with Gasteiger partial charge in [-0.1, -0.05) is 56.0 Å². The molecule has 0 saturated heterocycles. The van der Waals surface area contributed by atoms with E-state index in [1.807, 2.05) is 46.0 Å². The smallest absolute Gasteiger partial charge is 0.222 e. The number of aryl methyl sites for hydroxylation is 1. The Morgan fingerprint density at radius 2 is 1.93 bits per heavy atom. The number of amides is 1. The van der Waals surface area contributed by atoms with Crippen molar-refractivity contribution in [2.45, 2.75) is 64.1 Å². The number of carbonyl (C=O) groups is 1. The molecule has 144 valence electrons. The Balaban J connectivity index is 1.42. The summed E-state index contributed by atoms with van der Waals surface area (Å²) in [5, 5.41) is 15.3. The summed E-state index contributed by atoms with van der Waals surface area (Å²) in [6.45, 7) is 2.19. The van der Waals surface area contributed by atoms with E-state index in [0.717, 1.165) is 43.1 Å². The summed E-state index contributed by atoms with van der Waals surface area (Å²) >= 11 is 0. The highest BCUT2D eigenvalue weighted by atomic mass is 16.3. The normalized spacial score (nSPS) is 18.9. The zero-order valence-electron chi connectivity index (χ0n) is 15.9. The second kappa shape index (κ2) is 8.26. The highest BCUT2D eigenvalue weighted by Gasteiger charge is 2.24. The Kier molecular flexibility index (Phi) is 5.58. The minimum absolute atomic E-state index is 0.265. The van der Waals surface area contributed by atoms with Gasteiger partial charge in [0.05, 0.1) is 17.9 Å². The highest BCUT2D eigenvalue weighted by Crippen LogP contribution is 2.29. The van der Waals surface area contributed by atoms with E-state index in [1.54, 1.807) is 0 Å². The number of nitrogens with zero attached hydrogens (tertiary/aromatic N) is 3. The maximum Gasteiger partial charge on any atom is 0.222 e. The first-order chi connectivity index (χ1) is 13.2. The van der Waals surface area contributed by atoms with Gasteiger partial charge in [0.2, 0.25) is 5.91 Å². The number of benzene rings is 1. The first kappa shape index (κ1) is 18.2. The van der Waals surface area contributed by atoms with Crippen LogP contribution in [0, 0.1) is 5.92 Å². The molecule has 2 aromatic rings. The number of hydrogen-bond donors (Lipinski definition) is 1. The minimum atomic E-state index is -0.725. The van der Waals surface area contributed by atoms with Gasteiger partial charge in [0.25, 0.3) is 0 Å². The Morgan fingerprint density at radius 1 is 1.15 bits per heavy atom. The van der Waals surface area contributed by atoms with E-state index in [1.165, 1.54) is 25.7 Å². The van der Waals surface area contributed by atoms with Gasteiger partial charge in [-0.3, -0.25) is 9.48 Å². The second-order valence-corrected chi connectivity index (χ2v) is 7.95. The molecule has 0 radical (unpaired) electrons. The predicted molar refractivity (Wildman–Crippen MR) is 104 cm³/mol. The fourth-order valence-electron chi connectivity index (χ4n) is 4.42. The Bertz CT molecular complexity index is 765. The lowest BCUT2D eigenvalue weighted by molar-refractivity contribution is -0.132. The van der Waals surface area contributed by atoms with Gasteiger partial charge in [-0.2, -0.15) is 5.10 Å². The molecule has 1 aliphatic heterocycles. The van der Waals surface area contributed by atoms with Crippen molar-refractivity contribution in [3.63, 3.8) is 0 Å². The molecule has 5 heteroatoms. The summed E-state index contributed by atoms with van der Waals surface area (Å²) in [6.07, 6.45) is 7.12. The third-order valence-corrected chi connectivity index (χ3v) is 6.02. The van der Waals surface area contributed by atoms with Crippen molar-refractivity contribution in [2.24, 2.45) is 5.92 Å². The van der Waals surface area contributed by atoms with Gasteiger partial charge < -0.3 is 10.0 Å². The fourth-order valence-corrected chi connectivity index (χ4v) is 4.42. The van der Waals surface area contributed by atoms with Crippen LogP contribution < -0.4 is 0 Å². The maximum absolute atomic E-state index is 12.7. The molecule has 4 rings (SSSR count). The molecule has 2 aliphatic rings. The van der Waals surface area contributed by atoms with Crippen molar-refractivity contribution >= 4 is 5.91 Å². The van der Waals surface area contributed by atoms with Crippen molar-refractivity contribution in [1.29, 1.82) is 0 Å². The number of aliphatic hydroxyl groups excluding tert-OH is 1. The van der Waals surface area contributed by atoms with Crippen LogP contribution >= 0.6 is 0 Å². The van der Waals surface area contributed by atoms with Crippen molar-refractivity contribution in [2.75, 3.05) is 6.54 Å². The third-order valence-electron chi connectivity index (χ3n) is 6.02. The minimum Gasteiger partial charge on any atom is -0.382 e. The first-order valence-electron chi connectivity index (χ1n) is 10.3. The Morgan fingerprint density at radius 3 is 2.70 bits per heavy atom. The number of fused-ring (bicyclic) bond motifs is 1. The van der Waals surface area contributed by atoms with Crippen molar-refractivity contribution in [3.05, 3.63) is 53.3 Å². The number of carbonyl (C=O) groups excluding carboxylic acids is 1. The van der Waals surface area contributed by atoms with Crippen molar-refractivity contribution in [1.82, 2.24) is 14.7 Å². The zero-order chi connectivity index (χ0) is 18.6. The van der Waals surface area contributed by atoms with Gasteiger partial charge in [0, 0.05) is 19.5 Å². The third kappa shape index (κ3) is 4.24. The molecule has 27 heavy (non-hydrogen) atoms. The molecule has 1 saturated carbocycles. The molecule has 1 amide bonds. The molecule has 1 aliphatic carbocycles. The molecule has 5 nitrogen and oxygen atoms in total. The molecule has 1 fully saturated rings. The zero-order valence-corrected chi connectivity index (χ0v) is 15.9. The average molecular weight is 367 g/mol. The van der Waals surface area contributed by atoms with Crippen LogP contribution in [0.1, 0.15) is 68.0 Å². The molecule has 1 N–H and O–H groups in total. The van der Waals surface area contributed by atoms with Crippen LogP contribution in [0.25, 0.3) is 0 Å². The Hall–Kier alpha value is -2.14. The SMILES string of the molecule is O=C(CCC1CCCC1)N1CCCn2nc([C@@H](O)c3ccccc3)cc2C1. The molecule has 0 bridgehead atoms. The van der Waals surface area contributed by atoms with Gasteiger partial charge in [-0.25, -0.2) is 0 Å². The molecule has 1 aromatic carbocycles. The van der Waals surface area contributed by atoms with Gasteiger partial charge in [-0.15, -0.1) is 0 Å². The second-order valence-electron chi connectivity index (χ2n) is 7.95. The lowest BCUT2D eigenvalue weighted by Gasteiger charge is -2.21. The van der Waals surface area contributed by atoms with E-state index in [4.69, 9.17) is 0 Å². The van der Waals surface area contributed by atoms with Crippen LogP contribution in [-0.4, -0.2) is 32.2 Å². The van der Waals surface area contributed by atoms with E-state index in [2.05, 4.69) is 5.10 Å². The van der Waals surface area contributed by atoms with Gasteiger partial charge in [-0.05, 0) is 30.4 Å². The number of aromatic nitrogens is 2. The van der Waals surface area contributed by atoms with Crippen molar-refractivity contribution in [3.8, 4) is 0 Å². The van der Waals surface area contributed by atoms with Crippen LogP contribution in [-0.2, 0) is 17.9 Å². The molecule has 1 aromatic heterocycles. The van der Waals surface area contributed by atoms with Crippen LogP contribution in [0.2, 0.25) is 0 Å². The largest absolute Gasteiger partial charge is 0.382 e. The number of rotatable bonds is 5. The van der Waals surface area contributed by atoms with Gasteiger partial charge in [0.15, 0.2) is 0 Å².